The van der Waals surface area contributed by atoms with Gasteiger partial charge in [0.15, 0.2) is 17.5 Å². The molecule has 8 nitrogen and oxygen atoms in total. The summed E-state index contributed by atoms with van der Waals surface area (Å²) in [7, 11) is 0. The van der Waals surface area contributed by atoms with E-state index in [0.29, 0.717) is 20.6 Å². The van der Waals surface area contributed by atoms with Crippen LogP contribution >= 0.6 is 22.9 Å². The van der Waals surface area contributed by atoms with Crippen LogP contribution in [0.2, 0.25) is 5.02 Å². The summed E-state index contributed by atoms with van der Waals surface area (Å²) >= 11 is 7.53. The smallest absolute Gasteiger partial charge is 0.194 e. The van der Waals surface area contributed by atoms with Crippen molar-refractivity contribution >= 4 is 22.9 Å². The largest absolute Gasteiger partial charge is 0.394 e. The second kappa shape index (κ2) is 10.1. The fourth-order valence-corrected chi connectivity index (χ4v) is 5.51. The third-order valence-electron chi connectivity index (χ3n) is 6.10. The van der Waals surface area contributed by atoms with Gasteiger partial charge in [-0.15, -0.1) is 16.4 Å². The predicted molar refractivity (Wildman–Crippen MR) is 128 cm³/mol. The van der Waals surface area contributed by atoms with Crippen molar-refractivity contribution in [2.24, 2.45) is 0 Å². The topological polar surface area (TPSA) is 114 Å². The molecule has 1 aliphatic heterocycles. The summed E-state index contributed by atoms with van der Waals surface area (Å²) in [5.74, 6) is -4.42. The van der Waals surface area contributed by atoms with Crippen LogP contribution in [0.25, 0.3) is 21.7 Å². The number of aromatic nitrogens is 4. The van der Waals surface area contributed by atoms with Crippen molar-refractivity contribution in [3.8, 4) is 21.7 Å². The molecule has 37 heavy (non-hydrogen) atoms. The van der Waals surface area contributed by atoms with Gasteiger partial charge < -0.3 is 20.1 Å². The van der Waals surface area contributed by atoms with Crippen LogP contribution < -0.4 is 0 Å². The van der Waals surface area contributed by atoms with Gasteiger partial charge in [-0.25, -0.2) is 22.8 Å². The molecule has 0 radical (unpaired) electrons. The van der Waals surface area contributed by atoms with Gasteiger partial charge in [0.2, 0.25) is 0 Å². The minimum Gasteiger partial charge on any atom is -0.394 e. The van der Waals surface area contributed by atoms with Crippen LogP contribution in [-0.2, 0) is 4.74 Å². The van der Waals surface area contributed by atoms with Crippen LogP contribution in [0.5, 0.6) is 0 Å². The molecule has 0 amide bonds. The Hall–Kier alpha value is -2.87. The van der Waals surface area contributed by atoms with Gasteiger partial charge in [-0.2, -0.15) is 0 Å². The zero-order valence-corrected chi connectivity index (χ0v) is 20.7. The standard InChI is InChI=1S/C24H20ClF3N4O4S/c1-10-29-19(24(37-10)11-3-2-4-13(25)5-11)23-22(35)20(21(34)17(9-33)36-23)32-8-16(30-31-32)12-6-14(26)18(28)15(27)7-12/h2-8,17,20-23,33-35H,9H2,1H3/t17-,20+,21+,22-,23+/m1/s1. The number of thiazole rings is 1. The third kappa shape index (κ3) is 4.76. The second-order valence-electron chi connectivity index (χ2n) is 8.54. The molecule has 0 aliphatic carbocycles. The minimum absolute atomic E-state index is 0.0232. The Morgan fingerprint density at radius 2 is 1.81 bits per heavy atom. The number of aliphatic hydroxyl groups is 3. The van der Waals surface area contributed by atoms with E-state index in [2.05, 4.69) is 15.3 Å². The molecule has 1 fully saturated rings. The summed E-state index contributed by atoms with van der Waals surface area (Å²) in [6.45, 7) is 1.21. The first kappa shape index (κ1) is 25.8. The summed E-state index contributed by atoms with van der Waals surface area (Å²) in [5, 5.41) is 41.2. The second-order valence-corrected chi connectivity index (χ2v) is 10.2. The van der Waals surface area contributed by atoms with Crippen molar-refractivity contribution in [2.45, 2.75) is 37.4 Å². The Kier molecular flexibility index (Phi) is 7.05. The molecule has 1 saturated heterocycles. The molecule has 194 valence electrons. The maximum atomic E-state index is 13.7. The molecular formula is C24H20ClF3N4O4S. The van der Waals surface area contributed by atoms with Crippen molar-refractivity contribution in [2.75, 3.05) is 6.61 Å². The van der Waals surface area contributed by atoms with E-state index < -0.39 is 54.5 Å². The van der Waals surface area contributed by atoms with E-state index in [9.17, 15) is 28.5 Å². The lowest BCUT2D eigenvalue weighted by Crippen LogP contribution is -2.52. The highest BCUT2D eigenvalue weighted by atomic mass is 35.5. The summed E-state index contributed by atoms with van der Waals surface area (Å²) < 4.78 is 47.9. The molecule has 0 bridgehead atoms. The number of aliphatic hydroxyl groups excluding tert-OH is 3. The van der Waals surface area contributed by atoms with Gasteiger partial charge in [0.25, 0.3) is 0 Å². The molecule has 2 aromatic carbocycles. The highest BCUT2D eigenvalue weighted by molar-refractivity contribution is 7.15. The van der Waals surface area contributed by atoms with Gasteiger partial charge in [0.05, 0.1) is 28.4 Å². The highest BCUT2D eigenvalue weighted by Gasteiger charge is 2.48. The first-order valence-electron chi connectivity index (χ1n) is 11.1. The molecule has 4 aromatic rings. The predicted octanol–water partition coefficient (Wildman–Crippen LogP) is 3.84. The molecule has 13 heteroatoms. The van der Waals surface area contributed by atoms with E-state index in [4.69, 9.17) is 16.3 Å². The average molecular weight is 553 g/mol. The number of hydrogen-bond donors (Lipinski definition) is 3. The fraction of sp³-hybridized carbons (Fsp3) is 0.292. The number of aryl methyl sites for hydroxylation is 1. The zero-order chi connectivity index (χ0) is 26.4. The molecule has 0 saturated carbocycles. The Morgan fingerprint density at radius 1 is 1.08 bits per heavy atom. The molecule has 1 aliphatic rings. The van der Waals surface area contributed by atoms with Gasteiger partial charge in [0, 0.05) is 10.6 Å². The van der Waals surface area contributed by atoms with Crippen LogP contribution in [0.1, 0.15) is 22.8 Å². The maximum absolute atomic E-state index is 13.7. The number of halogens is 4. The Labute approximate surface area is 217 Å². The van der Waals surface area contributed by atoms with Crippen molar-refractivity contribution < 1.29 is 33.2 Å². The van der Waals surface area contributed by atoms with Gasteiger partial charge in [-0.3, -0.25) is 0 Å². The molecule has 2 aromatic heterocycles. The number of benzene rings is 2. The van der Waals surface area contributed by atoms with Crippen molar-refractivity contribution in [3.05, 3.63) is 75.8 Å². The van der Waals surface area contributed by atoms with E-state index in [1.807, 2.05) is 6.07 Å². The molecule has 5 rings (SSSR count). The van der Waals surface area contributed by atoms with Crippen LogP contribution in [0.15, 0.2) is 42.6 Å². The molecular weight excluding hydrogens is 533 g/mol. The number of ether oxygens (including phenoxy) is 1. The maximum Gasteiger partial charge on any atom is 0.194 e. The lowest BCUT2D eigenvalue weighted by molar-refractivity contribution is -0.209. The van der Waals surface area contributed by atoms with E-state index in [1.54, 1.807) is 25.1 Å². The number of hydrogen-bond acceptors (Lipinski definition) is 8. The molecule has 0 spiro atoms. The van der Waals surface area contributed by atoms with Gasteiger partial charge in [-0.1, -0.05) is 28.9 Å². The number of nitrogens with zero attached hydrogens (tertiary/aromatic N) is 4. The monoisotopic (exact) mass is 552 g/mol. The van der Waals surface area contributed by atoms with E-state index >= 15 is 0 Å². The van der Waals surface area contributed by atoms with Gasteiger partial charge >= 0.3 is 0 Å². The highest BCUT2D eigenvalue weighted by Crippen LogP contribution is 2.43. The quantitative estimate of drug-likeness (QED) is 0.322. The van der Waals surface area contributed by atoms with Crippen molar-refractivity contribution in [3.63, 3.8) is 0 Å². The van der Waals surface area contributed by atoms with E-state index in [-0.39, 0.29) is 11.3 Å². The Balaban J connectivity index is 1.54. The molecule has 5 atom stereocenters. The van der Waals surface area contributed by atoms with Crippen LogP contribution in [-0.4, -0.2) is 60.2 Å². The molecule has 3 heterocycles. The SMILES string of the molecule is Cc1nc([C@@H]2O[C@H](CO)[C@H](O)[C@H](n3cc(-c4cc(F)c(F)c(F)c4)nn3)[C@H]2O)c(-c2cccc(Cl)c2)s1. The van der Waals surface area contributed by atoms with Gasteiger partial charge in [0.1, 0.15) is 36.2 Å². The fourth-order valence-electron chi connectivity index (χ4n) is 4.37. The lowest BCUT2D eigenvalue weighted by Gasteiger charge is -2.41. The Morgan fingerprint density at radius 3 is 2.49 bits per heavy atom. The Bertz CT molecular complexity index is 1430. The van der Waals surface area contributed by atoms with E-state index in [0.717, 1.165) is 22.4 Å². The van der Waals surface area contributed by atoms with E-state index in [1.165, 1.54) is 17.5 Å². The summed E-state index contributed by atoms with van der Waals surface area (Å²) in [6, 6.07) is 7.42. The van der Waals surface area contributed by atoms with Crippen molar-refractivity contribution in [1.29, 1.82) is 0 Å². The zero-order valence-electron chi connectivity index (χ0n) is 19.1. The third-order valence-corrected chi connectivity index (χ3v) is 7.37. The van der Waals surface area contributed by atoms with Crippen LogP contribution in [0.3, 0.4) is 0 Å². The summed E-state index contributed by atoms with van der Waals surface area (Å²) in [5.41, 5.74) is 1.02. The molecule has 0 unspecified atom stereocenters. The average Bonchev–Trinajstić information content (AvgIpc) is 3.50. The minimum atomic E-state index is -1.62. The van der Waals surface area contributed by atoms with Crippen molar-refractivity contribution in [1.82, 2.24) is 20.0 Å². The first-order valence-corrected chi connectivity index (χ1v) is 12.3. The van der Waals surface area contributed by atoms with Crippen LogP contribution in [0, 0.1) is 24.4 Å². The summed E-state index contributed by atoms with van der Waals surface area (Å²) in [4.78, 5) is 5.24. The lowest BCUT2D eigenvalue weighted by atomic mass is 9.90. The summed E-state index contributed by atoms with van der Waals surface area (Å²) in [6.07, 6.45) is -3.81. The first-order chi connectivity index (χ1) is 17.7. The van der Waals surface area contributed by atoms with Crippen LogP contribution in [0.4, 0.5) is 13.2 Å². The normalized spacial score (nSPS) is 23.9. The van der Waals surface area contributed by atoms with Gasteiger partial charge in [-0.05, 0) is 36.8 Å². The molecule has 3 N–H and O–H groups in total. The number of rotatable bonds is 5.